The van der Waals surface area contributed by atoms with Gasteiger partial charge in [-0.15, -0.1) is 0 Å². The van der Waals surface area contributed by atoms with E-state index >= 15 is 0 Å². The number of carbonyl (C=O) groups excluding carboxylic acids is 1. The zero-order chi connectivity index (χ0) is 14.7. The molecular weight excluding hydrogens is 248 g/mol. The van der Waals surface area contributed by atoms with E-state index in [2.05, 4.69) is 5.32 Å². The van der Waals surface area contributed by atoms with Crippen LogP contribution in [0.5, 0.6) is 0 Å². The summed E-state index contributed by atoms with van der Waals surface area (Å²) < 4.78 is 0. The molecule has 0 aromatic heterocycles. The van der Waals surface area contributed by atoms with Crippen LogP contribution in [0.1, 0.15) is 38.5 Å². The highest BCUT2D eigenvalue weighted by Gasteiger charge is 2.22. The van der Waals surface area contributed by atoms with E-state index < -0.39 is 24.0 Å². The summed E-state index contributed by atoms with van der Waals surface area (Å²) in [5.41, 5.74) is 16.4. The maximum Gasteiger partial charge on any atom is 0.326 e. The summed E-state index contributed by atoms with van der Waals surface area (Å²) in [7, 11) is 0. The van der Waals surface area contributed by atoms with Crippen molar-refractivity contribution in [2.75, 3.05) is 13.1 Å². The molecule has 2 atom stereocenters. The Bertz CT molecular complexity index is 274. The lowest BCUT2D eigenvalue weighted by atomic mass is 10.1. The summed E-state index contributed by atoms with van der Waals surface area (Å²) in [5.74, 6) is -1.46. The van der Waals surface area contributed by atoms with Gasteiger partial charge >= 0.3 is 5.97 Å². The van der Waals surface area contributed by atoms with Crippen molar-refractivity contribution in [1.82, 2.24) is 5.32 Å². The quantitative estimate of drug-likeness (QED) is 0.310. The molecule has 0 saturated heterocycles. The monoisotopic (exact) mass is 274 g/mol. The van der Waals surface area contributed by atoms with E-state index in [4.69, 9.17) is 22.3 Å². The number of nitrogens with two attached hydrogens (primary N) is 3. The lowest BCUT2D eigenvalue weighted by Gasteiger charge is -2.17. The van der Waals surface area contributed by atoms with Crippen LogP contribution in [0.15, 0.2) is 0 Å². The minimum atomic E-state index is -1.04. The van der Waals surface area contributed by atoms with Gasteiger partial charge in [0.05, 0.1) is 6.04 Å². The van der Waals surface area contributed by atoms with E-state index in [-0.39, 0.29) is 0 Å². The second kappa shape index (κ2) is 10.7. The van der Waals surface area contributed by atoms with Gasteiger partial charge in [0.15, 0.2) is 0 Å². The Morgan fingerprint density at radius 1 is 1.00 bits per heavy atom. The minimum absolute atomic E-state index is 0.369. The Kier molecular flexibility index (Phi) is 10.1. The Hall–Kier alpha value is -1.18. The molecule has 0 bridgehead atoms. The number of hydrogen-bond donors (Lipinski definition) is 5. The number of rotatable bonds is 11. The molecular formula is C12H26N4O3. The number of carbonyl (C=O) groups is 2. The van der Waals surface area contributed by atoms with Crippen molar-refractivity contribution in [2.24, 2.45) is 17.2 Å². The molecule has 1 amide bonds. The topological polar surface area (TPSA) is 144 Å². The summed E-state index contributed by atoms with van der Waals surface area (Å²) in [5, 5.41) is 11.5. The molecule has 0 fully saturated rings. The molecule has 0 unspecified atom stereocenters. The third-order valence-electron chi connectivity index (χ3n) is 2.87. The van der Waals surface area contributed by atoms with Gasteiger partial charge in [-0.2, -0.15) is 0 Å². The van der Waals surface area contributed by atoms with Crippen LogP contribution in [-0.2, 0) is 9.59 Å². The second-order valence-corrected chi connectivity index (χ2v) is 4.57. The smallest absolute Gasteiger partial charge is 0.326 e. The van der Waals surface area contributed by atoms with Crippen LogP contribution in [0, 0.1) is 0 Å². The molecule has 0 saturated carbocycles. The van der Waals surface area contributed by atoms with Crippen molar-refractivity contribution >= 4 is 11.9 Å². The molecule has 7 heteroatoms. The summed E-state index contributed by atoms with van der Waals surface area (Å²) in [4.78, 5) is 22.7. The fourth-order valence-corrected chi connectivity index (χ4v) is 1.67. The molecule has 112 valence electrons. The number of aliphatic carboxylic acids is 1. The molecule has 19 heavy (non-hydrogen) atoms. The molecule has 0 aromatic rings. The van der Waals surface area contributed by atoms with Crippen LogP contribution in [-0.4, -0.2) is 42.2 Å². The van der Waals surface area contributed by atoms with Crippen LogP contribution in [0.4, 0.5) is 0 Å². The van der Waals surface area contributed by atoms with E-state index in [1.807, 2.05) is 0 Å². The zero-order valence-electron chi connectivity index (χ0n) is 11.3. The van der Waals surface area contributed by atoms with Gasteiger partial charge in [-0.1, -0.05) is 6.42 Å². The lowest BCUT2D eigenvalue weighted by Crippen LogP contribution is -2.48. The molecule has 0 aliphatic rings. The third-order valence-corrected chi connectivity index (χ3v) is 2.87. The van der Waals surface area contributed by atoms with Gasteiger partial charge < -0.3 is 27.6 Å². The van der Waals surface area contributed by atoms with Gasteiger partial charge in [0.1, 0.15) is 6.04 Å². The number of unbranched alkanes of at least 4 members (excludes halogenated alkanes) is 2. The lowest BCUT2D eigenvalue weighted by molar-refractivity contribution is -0.142. The molecule has 8 N–H and O–H groups in total. The molecule has 0 aliphatic heterocycles. The summed E-state index contributed by atoms with van der Waals surface area (Å²) in [6.07, 6.45) is 3.85. The fourth-order valence-electron chi connectivity index (χ4n) is 1.67. The summed E-state index contributed by atoms with van der Waals surface area (Å²) >= 11 is 0. The summed E-state index contributed by atoms with van der Waals surface area (Å²) in [6, 6.07) is -1.57. The predicted molar refractivity (Wildman–Crippen MR) is 73.4 cm³/mol. The van der Waals surface area contributed by atoms with Crippen molar-refractivity contribution in [3.05, 3.63) is 0 Å². The van der Waals surface area contributed by atoms with Crippen LogP contribution >= 0.6 is 0 Å². The Morgan fingerprint density at radius 2 is 1.53 bits per heavy atom. The fraction of sp³-hybridized carbons (Fsp3) is 0.833. The first kappa shape index (κ1) is 17.8. The normalized spacial score (nSPS) is 13.8. The van der Waals surface area contributed by atoms with E-state index in [0.717, 1.165) is 19.3 Å². The first-order valence-electron chi connectivity index (χ1n) is 6.71. The van der Waals surface area contributed by atoms with Crippen molar-refractivity contribution < 1.29 is 14.7 Å². The van der Waals surface area contributed by atoms with E-state index in [0.29, 0.717) is 32.4 Å². The Balaban J connectivity index is 4.11. The van der Waals surface area contributed by atoms with Gasteiger partial charge in [0.25, 0.3) is 0 Å². The van der Waals surface area contributed by atoms with Gasteiger partial charge in [0, 0.05) is 0 Å². The van der Waals surface area contributed by atoms with Crippen molar-refractivity contribution in [3.8, 4) is 0 Å². The number of carboxylic acid groups (broad SMARTS) is 1. The van der Waals surface area contributed by atoms with E-state index in [9.17, 15) is 9.59 Å². The molecule has 0 aliphatic carbocycles. The molecule has 0 radical (unpaired) electrons. The highest BCUT2D eigenvalue weighted by Crippen LogP contribution is 2.03. The van der Waals surface area contributed by atoms with Crippen LogP contribution < -0.4 is 22.5 Å². The van der Waals surface area contributed by atoms with Gasteiger partial charge in [0.2, 0.25) is 5.91 Å². The van der Waals surface area contributed by atoms with Gasteiger partial charge in [-0.3, -0.25) is 4.79 Å². The Morgan fingerprint density at radius 3 is 2.00 bits per heavy atom. The van der Waals surface area contributed by atoms with Crippen molar-refractivity contribution in [2.45, 2.75) is 50.6 Å². The molecule has 0 aromatic carbocycles. The highest BCUT2D eigenvalue weighted by molar-refractivity contribution is 5.86. The maximum atomic E-state index is 11.7. The minimum Gasteiger partial charge on any atom is -0.480 e. The first-order valence-corrected chi connectivity index (χ1v) is 6.71. The summed E-state index contributed by atoms with van der Waals surface area (Å²) in [6.45, 7) is 1.07. The van der Waals surface area contributed by atoms with E-state index in [1.54, 1.807) is 0 Å². The standard InChI is InChI=1S/C12H26N4O3/c13-7-3-1-5-9(15)11(17)16-10(12(18)19)6-2-4-8-14/h9-10H,1-8,13-15H2,(H,16,17)(H,18,19)/t9-,10+/m0/s1. The second-order valence-electron chi connectivity index (χ2n) is 4.57. The predicted octanol–water partition coefficient (Wildman–Crippen LogP) is -0.859. The van der Waals surface area contributed by atoms with Crippen molar-refractivity contribution in [1.29, 1.82) is 0 Å². The highest BCUT2D eigenvalue weighted by atomic mass is 16.4. The zero-order valence-corrected chi connectivity index (χ0v) is 11.3. The number of nitrogens with one attached hydrogen (secondary N) is 1. The average molecular weight is 274 g/mol. The van der Waals surface area contributed by atoms with Crippen LogP contribution in [0.3, 0.4) is 0 Å². The molecule has 0 spiro atoms. The maximum absolute atomic E-state index is 11.7. The third kappa shape index (κ3) is 8.52. The Labute approximate surface area is 113 Å². The first-order chi connectivity index (χ1) is 9.02. The molecule has 7 nitrogen and oxygen atoms in total. The number of carboxylic acids is 1. The van der Waals surface area contributed by atoms with E-state index in [1.165, 1.54) is 0 Å². The number of amides is 1. The van der Waals surface area contributed by atoms with Gasteiger partial charge in [-0.25, -0.2) is 4.79 Å². The van der Waals surface area contributed by atoms with Crippen molar-refractivity contribution in [3.63, 3.8) is 0 Å². The van der Waals surface area contributed by atoms with Crippen LogP contribution in [0.25, 0.3) is 0 Å². The molecule has 0 rings (SSSR count). The van der Waals surface area contributed by atoms with Crippen LogP contribution in [0.2, 0.25) is 0 Å². The average Bonchev–Trinajstić information content (AvgIpc) is 2.37. The van der Waals surface area contributed by atoms with Gasteiger partial charge in [-0.05, 0) is 45.2 Å². The largest absolute Gasteiger partial charge is 0.480 e. The SMILES string of the molecule is NCCCC[C@H](N)C(=O)N[C@H](CCCCN)C(=O)O. The number of hydrogen-bond acceptors (Lipinski definition) is 5. The molecule has 0 heterocycles.